The third-order valence-electron chi connectivity index (χ3n) is 2.66. The van der Waals surface area contributed by atoms with Gasteiger partial charge in [0.05, 0.1) is 22.6 Å². The van der Waals surface area contributed by atoms with E-state index in [1.807, 2.05) is 32.2 Å². The molecule has 0 radical (unpaired) electrons. The average molecular weight is 287 g/mol. The Morgan fingerprint density at radius 2 is 2.15 bits per heavy atom. The Balaban J connectivity index is 1.94. The van der Waals surface area contributed by atoms with Gasteiger partial charge in [0.2, 0.25) is 0 Å². The zero-order valence-corrected chi connectivity index (χ0v) is 12.2. The van der Waals surface area contributed by atoms with Crippen LogP contribution in [0.4, 0.5) is 0 Å². The van der Waals surface area contributed by atoms with Crippen LogP contribution in [-0.2, 0) is 0 Å². The Morgan fingerprint density at radius 1 is 1.30 bits per heavy atom. The van der Waals surface area contributed by atoms with Crippen molar-refractivity contribution < 1.29 is 0 Å². The number of nitrogens with zero attached hydrogens (tertiary/aromatic N) is 7. The van der Waals surface area contributed by atoms with Crippen LogP contribution >= 0.6 is 11.3 Å². The van der Waals surface area contributed by atoms with Gasteiger partial charge in [-0.3, -0.25) is 0 Å². The lowest BCUT2D eigenvalue weighted by atomic mass is 10.4. The predicted octanol–water partition coefficient (Wildman–Crippen LogP) is 1.73. The van der Waals surface area contributed by atoms with E-state index < -0.39 is 0 Å². The highest BCUT2D eigenvalue weighted by molar-refractivity contribution is 7.09. The van der Waals surface area contributed by atoms with Gasteiger partial charge < -0.3 is 0 Å². The number of hydrogen-bond donors (Lipinski definition) is 0. The normalized spacial score (nSPS) is 11.6. The van der Waals surface area contributed by atoms with Gasteiger partial charge in [0.25, 0.3) is 5.95 Å². The van der Waals surface area contributed by atoms with Crippen molar-refractivity contribution in [3.8, 4) is 5.95 Å². The number of hydrogen-bond acceptors (Lipinski definition) is 6. The minimum Gasteiger partial charge on any atom is -0.240 e. The molecule has 7 nitrogen and oxygen atoms in total. The summed E-state index contributed by atoms with van der Waals surface area (Å²) >= 11 is 1.59. The molecule has 0 spiro atoms. The van der Waals surface area contributed by atoms with Gasteiger partial charge in [0, 0.05) is 11.1 Å². The Morgan fingerprint density at radius 3 is 2.80 bits per heavy atom. The molecule has 3 heterocycles. The average Bonchev–Trinajstić information content (AvgIpc) is 3.07. The summed E-state index contributed by atoms with van der Waals surface area (Å²) in [7, 11) is 0. The molecule has 0 atom stereocenters. The summed E-state index contributed by atoms with van der Waals surface area (Å²) in [5, 5.41) is 19.6. The van der Waals surface area contributed by atoms with E-state index in [-0.39, 0.29) is 0 Å². The summed E-state index contributed by atoms with van der Waals surface area (Å²) in [6, 6.07) is 1.98. The number of rotatable bonds is 3. The van der Waals surface area contributed by atoms with E-state index >= 15 is 0 Å². The third-order valence-corrected chi connectivity index (χ3v) is 3.46. The maximum atomic E-state index is 4.38. The molecule has 0 bridgehead atoms. The molecule has 0 saturated carbocycles. The SMILES string of the molecule is Cc1cc(C)n(-c2nncn2/N=C\c2csc(C)n2)n1. The highest BCUT2D eigenvalue weighted by Gasteiger charge is 2.10. The van der Waals surface area contributed by atoms with Gasteiger partial charge in [-0.25, -0.2) is 9.67 Å². The van der Waals surface area contributed by atoms with Gasteiger partial charge in [-0.2, -0.15) is 14.9 Å². The molecule has 0 aliphatic rings. The van der Waals surface area contributed by atoms with Crippen molar-refractivity contribution in [2.75, 3.05) is 0 Å². The molecule has 0 fully saturated rings. The number of thiazole rings is 1. The summed E-state index contributed by atoms with van der Waals surface area (Å²) in [6.07, 6.45) is 3.23. The second kappa shape index (κ2) is 4.97. The molecule has 0 N–H and O–H groups in total. The first-order chi connectivity index (χ1) is 9.63. The minimum absolute atomic E-state index is 0.554. The topological polar surface area (TPSA) is 73.8 Å². The Hall–Kier alpha value is -2.35. The van der Waals surface area contributed by atoms with E-state index in [9.17, 15) is 0 Å². The van der Waals surface area contributed by atoms with Gasteiger partial charge in [-0.15, -0.1) is 21.5 Å². The zero-order chi connectivity index (χ0) is 14.1. The van der Waals surface area contributed by atoms with Crippen molar-refractivity contribution in [3.05, 3.63) is 39.9 Å². The molecule has 0 aromatic carbocycles. The molecule has 0 aliphatic carbocycles. The summed E-state index contributed by atoms with van der Waals surface area (Å²) in [6.45, 7) is 5.86. The standard InChI is InChI=1S/C12H13N7S/c1-8-4-9(2)19(17-8)12-16-13-7-18(12)14-5-11-6-20-10(3)15-11/h4-7H,1-3H3/b14-5-. The van der Waals surface area contributed by atoms with Crippen LogP contribution in [0.25, 0.3) is 5.95 Å². The fourth-order valence-corrected chi connectivity index (χ4v) is 2.40. The molecule has 3 aromatic heterocycles. The second-order valence-corrected chi connectivity index (χ2v) is 5.41. The second-order valence-electron chi connectivity index (χ2n) is 4.35. The van der Waals surface area contributed by atoms with Crippen LogP contribution in [0.3, 0.4) is 0 Å². The van der Waals surface area contributed by atoms with Crippen molar-refractivity contribution >= 4 is 17.6 Å². The van der Waals surface area contributed by atoms with Crippen molar-refractivity contribution in [3.63, 3.8) is 0 Å². The largest absolute Gasteiger partial charge is 0.273 e. The first kappa shape index (κ1) is 12.7. The lowest BCUT2D eigenvalue weighted by molar-refractivity contribution is 0.717. The van der Waals surface area contributed by atoms with Gasteiger partial charge in [0.15, 0.2) is 0 Å². The van der Waals surface area contributed by atoms with Crippen LogP contribution in [0, 0.1) is 20.8 Å². The summed E-state index contributed by atoms with van der Waals surface area (Å²) in [5.41, 5.74) is 2.73. The van der Waals surface area contributed by atoms with E-state index in [0.717, 1.165) is 22.1 Å². The van der Waals surface area contributed by atoms with E-state index in [1.165, 1.54) is 0 Å². The molecule has 0 aliphatic heterocycles. The van der Waals surface area contributed by atoms with Gasteiger partial charge in [-0.05, 0) is 26.8 Å². The lowest BCUT2D eigenvalue weighted by Crippen LogP contribution is -2.06. The Bertz CT molecular complexity index is 764. The summed E-state index contributed by atoms with van der Waals surface area (Å²) < 4.78 is 3.29. The molecule has 8 heteroatoms. The van der Waals surface area contributed by atoms with E-state index in [1.54, 1.807) is 33.2 Å². The monoisotopic (exact) mass is 287 g/mol. The van der Waals surface area contributed by atoms with E-state index in [2.05, 4.69) is 25.4 Å². The van der Waals surface area contributed by atoms with Crippen molar-refractivity contribution in [2.24, 2.45) is 5.10 Å². The minimum atomic E-state index is 0.554. The molecule has 3 rings (SSSR count). The maximum Gasteiger partial charge on any atom is 0.273 e. The number of aryl methyl sites for hydroxylation is 3. The first-order valence-electron chi connectivity index (χ1n) is 6.03. The zero-order valence-electron chi connectivity index (χ0n) is 11.3. The van der Waals surface area contributed by atoms with Crippen molar-refractivity contribution in [2.45, 2.75) is 20.8 Å². The van der Waals surface area contributed by atoms with Crippen LogP contribution in [0.1, 0.15) is 22.1 Å². The molecule has 0 saturated heterocycles. The van der Waals surface area contributed by atoms with Crippen LogP contribution in [-0.4, -0.2) is 35.9 Å². The van der Waals surface area contributed by atoms with Crippen LogP contribution < -0.4 is 0 Å². The summed E-state index contributed by atoms with van der Waals surface area (Å²) in [5.74, 6) is 0.554. The first-order valence-corrected chi connectivity index (χ1v) is 6.91. The van der Waals surface area contributed by atoms with Gasteiger partial charge in [-0.1, -0.05) is 0 Å². The van der Waals surface area contributed by atoms with Gasteiger partial charge in [0.1, 0.15) is 6.33 Å². The fourth-order valence-electron chi connectivity index (χ4n) is 1.84. The van der Waals surface area contributed by atoms with Crippen molar-refractivity contribution in [1.29, 1.82) is 0 Å². The van der Waals surface area contributed by atoms with E-state index in [4.69, 9.17) is 0 Å². The fraction of sp³-hybridized carbons (Fsp3) is 0.250. The molecule has 3 aromatic rings. The van der Waals surface area contributed by atoms with Crippen LogP contribution in [0.5, 0.6) is 0 Å². The Labute approximate surface area is 119 Å². The molecule has 102 valence electrons. The van der Waals surface area contributed by atoms with Gasteiger partial charge >= 0.3 is 0 Å². The summed E-state index contributed by atoms with van der Waals surface area (Å²) in [4.78, 5) is 4.33. The molecular weight excluding hydrogens is 274 g/mol. The molecule has 0 amide bonds. The number of aromatic nitrogens is 6. The highest BCUT2D eigenvalue weighted by Crippen LogP contribution is 2.10. The van der Waals surface area contributed by atoms with Crippen LogP contribution in [0.2, 0.25) is 0 Å². The predicted molar refractivity (Wildman–Crippen MR) is 76.5 cm³/mol. The van der Waals surface area contributed by atoms with Crippen LogP contribution in [0.15, 0.2) is 22.9 Å². The smallest absolute Gasteiger partial charge is 0.240 e. The lowest BCUT2D eigenvalue weighted by Gasteiger charge is -2.01. The molecule has 20 heavy (non-hydrogen) atoms. The third kappa shape index (κ3) is 2.37. The maximum absolute atomic E-state index is 4.38. The Kier molecular flexibility index (Phi) is 3.15. The molecule has 0 unspecified atom stereocenters. The van der Waals surface area contributed by atoms with Crippen molar-refractivity contribution in [1.82, 2.24) is 29.6 Å². The van der Waals surface area contributed by atoms with E-state index in [0.29, 0.717) is 5.95 Å². The quantitative estimate of drug-likeness (QED) is 0.688. The highest BCUT2D eigenvalue weighted by atomic mass is 32.1. The molecular formula is C12H13N7S.